The Morgan fingerprint density at radius 2 is 2.15 bits per heavy atom. The molecule has 1 heterocycles. The summed E-state index contributed by atoms with van der Waals surface area (Å²) in [5, 5.41) is 14.0. The van der Waals surface area contributed by atoms with Gasteiger partial charge in [-0.1, -0.05) is 30.3 Å². The van der Waals surface area contributed by atoms with Crippen LogP contribution in [0.25, 0.3) is 10.8 Å². The molecule has 104 valence electrons. The molecule has 0 aliphatic heterocycles. The van der Waals surface area contributed by atoms with E-state index in [0.29, 0.717) is 5.39 Å². The fraction of sp³-hybridized carbons (Fsp3) is 0.200. The lowest BCUT2D eigenvalue weighted by atomic mass is 10.1. The highest BCUT2D eigenvalue weighted by Gasteiger charge is 2.11. The normalized spacial score (nSPS) is 10.4. The molecule has 2 rings (SSSR count). The molecule has 0 radical (unpaired) electrons. The van der Waals surface area contributed by atoms with Crippen molar-refractivity contribution in [3.8, 4) is 0 Å². The Kier molecular flexibility index (Phi) is 5.01. The molecule has 1 aromatic heterocycles. The monoisotopic (exact) mass is 288 g/mol. The third-order valence-electron chi connectivity index (χ3n) is 2.80. The second kappa shape index (κ2) is 6.96. The number of thioether (sulfide) groups is 1. The molecule has 2 N–H and O–H groups in total. The Bertz CT molecular complexity index is 628. The fourth-order valence-corrected chi connectivity index (χ4v) is 2.49. The molecule has 2 aromatic rings. The molecule has 0 aliphatic rings. The van der Waals surface area contributed by atoms with Crippen LogP contribution in [-0.4, -0.2) is 34.1 Å². The summed E-state index contributed by atoms with van der Waals surface area (Å²) in [6.07, 6.45) is 3.28. The lowest BCUT2D eigenvalue weighted by molar-refractivity contribution is 0.0698. The van der Waals surface area contributed by atoms with E-state index >= 15 is 0 Å². The number of hydrogen-bond acceptors (Lipinski definition) is 4. The Balaban J connectivity index is 2.20. The maximum atomic E-state index is 11.2. The third-order valence-corrected chi connectivity index (χ3v) is 3.76. The summed E-state index contributed by atoms with van der Waals surface area (Å²) in [7, 11) is 0. The second-order valence-corrected chi connectivity index (χ2v) is 5.31. The number of nitrogens with one attached hydrogen (secondary N) is 1. The van der Waals surface area contributed by atoms with E-state index in [0.717, 1.165) is 29.3 Å². The van der Waals surface area contributed by atoms with E-state index in [1.807, 2.05) is 24.3 Å². The predicted octanol–water partition coefficient (Wildman–Crippen LogP) is 3.26. The predicted molar refractivity (Wildman–Crippen MR) is 84.7 cm³/mol. The lowest BCUT2D eigenvalue weighted by Gasteiger charge is -2.10. The topological polar surface area (TPSA) is 62.2 Å². The van der Waals surface area contributed by atoms with Gasteiger partial charge in [-0.15, -0.1) is 6.58 Å². The molecular weight excluding hydrogens is 272 g/mol. The average molecular weight is 288 g/mol. The number of aromatic nitrogens is 1. The van der Waals surface area contributed by atoms with Crippen molar-refractivity contribution >= 4 is 34.3 Å². The molecular formula is C15H16N2O2S. The van der Waals surface area contributed by atoms with Gasteiger partial charge in [0.25, 0.3) is 0 Å². The van der Waals surface area contributed by atoms with Gasteiger partial charge >= 0.3 is 5.97 Å². The van der Waals surface area contributed by atoms with Crippen LogP contribution >= 0.6 is 11.8 Å². The molecule has 0 amide bonds. The summed E-state index contributed by atoms with van der Waals surface area (Å²) in [6.45, 7) is 4.45. The van der Waals surface area contributed by atoms with Crippen LogP contribution in [0.15, 0.2) is 43.1 Å². The highest BCUT2D eigenvalue weighted by atomic mass is 32.2. The van der Waals surface area contributed by atoms with E-state index in [-0.39, 0.29) is 5.56 Å². The maximum absolute atomic E-state index is 11.2. The molecule has 4 nitrogen and oxygen atoms in total. The minimum atomic E-state index is -0.957. The standard InChI is InChI=1S/C15H16N2O2S/c1-2-8-20-9-7-16-14-12-6-4-3-5-11(12)13(10-17-14)15(18)19/h2-6,10H,1,7-9H2,(H,16,17)(H,18,19). The van der Waals surface area contributed by atoms with Crippen LogP contribution in [0, 0.1) is 0 Å². The first kappa shape index (κ1) is 14.4. The maximum Gasteiger partial charge on any atom is 0.337 e. The van der Waals surface area contributed by atoms with Gasteiger partial charge < -0.3 is 10.4 Å². The average Bonchev–Trinajstić information content (AvgIpc) is 2.46. The molecule has 0 aliphatic carbocycles. The summed E-state index contributed by atoms with van der Waals surface area (Å²) < 4.78 is 0. The summed E-state index contributed by atoms with van der Waals surface area (Å²) in [5.41, 5.74) is 0.229. The highest BCUT2D eigenvalue weighted by molar-refractivity contribution is 7.99. The van der Waals surface area contributed by atoms with E-state index in [1.54, 1.807) is 17.8 Å². The highest BCUT2D eigenvalue weighted by Crippen LogP contribution is 2.24. The summed E-state index contributed by atoms with van der Waals surface area (Å²) in [5.74, 6) is 1.64. The van der Waals surface area contributed by atoms with E-state index in [1.165, 1.54) is 6.20 Å². The van der Waals surface area contributed by atoms with Gasteiger partial charge in [-0.25, -0.2) is 9.78 Å². The van der Waals surface area contributed by atoms with Gasteiger partial charge in [0.15, 0.2) is 0 Å². The fourth-order valence-electron chi connectivity index (χ4n) is 1.91. The zero-order valence-electron chi connectivity index (χ0n) is 11.0. The first-order chi connectivity index (χ1) is 9.74. The van der Waals surface area contributed by atoms with Crippen LogP contribution in [0.5, 0.6) is 0 Å². The van der Waals surface area contributed by atoms with Gasteiger partial charge in [0.1, 0.15) is 5.82 Å². The van der Waals surface area contributed by atoms with Crippen molar-refractivity contribution in [2.75, 3.05) is 23.4 Å². The summed E-state index contributed by atoms with van der Waals surface area (Å²) in [6, 6.07) is 7.40. The SMILES string of the molecule is C=CCSCCNc1ncc(C(=O)O)c2ccccc12. The van der Waals surface area contributed by atoms with Crippen molar-refractivity contribution in [1.29, 1.82) is 0 Å². The number of carboxylic acids is 1. The molecule has 20 heavy (non-hydrogen) atoms. The lowest BCUT2D eigenvalue weighted by Crippen LogP contribution is -2.08. The van der Waals surface area contributed by atoms with Crippen molar-refractivity contribution in [2.45, 2.75) is 0 Å². The zero-order chi connectivity index (χ0) is 14.4. The van der Waals surface area contributed by atoms with Gasteiger partial charge in [0, 0.05) is 35.0 Å². The number of nitrogens with zero attached hydrogens (tertiary/aromatic N) is 1. The smallest absolute Gasteiger partial charge is 0.337 e. The van der Waals surface area contributed by atoms with Gasteiger partial charge in [-0.05, 0) is 0 Å². The second-order valence-electron chi connectivity index (χ2n) is 4.16. The van der Waals surface area contributed by atoms with Crippen molar-refractivity contribution in [1.82, 2.24) is 4.98 Å². The largest absolute Gasteiger partial charge is 0.478 e. The third kappa shape index (κ3) is 3.30. The first-order valence-corrected chi connectivity index (χ1v) is 7.43. The number of hydrogen-bond donors (Lipinski definition) is 2. The Hall–Kier alpha value is -2.01. The molecule has 1 aromatic carbocycles. The minimum Gasteiger partial charge on any atom is -0.478 e. The number of benzene rings is 1. The number of carbonyl (C=O) groups is 1. The molecule has 0 saturated carbocycles. The van der Waals surface area contributed by atoms with Gasteiger partial charge in [-0.2, -0.15) is 11.8 Å². The van der Waals surface area contributed by atoms with Gasteiger partial charge in [0.2, 0.25) is 0 Å². The van der Waals surface area contributed by atoms with Crippen LogP contribution in [0.3, 0.4) is 0 Å². The van der Waals surface area contributed by atoms with Gasteiger partial charge in [-0.3, -0.25) is 0 Å². The van der Waals surface area contributed by atoms with Crippen molar-refractivity contribution < 1.29 is 9.90 Å². The molecule has 0 saturated heterocycles. The van der Waals surface area contributed by atoms with Crippen LogP contribution in [0.2, 0.25) is 0 Å². The van der Waals surface area contributed by atoms with E-state index in [9.17, 15) is 9.90 Å². The summed E-state index contributed by atoms with van der Waals surface area (Å²) >= 11 is 1.78. The van der Waals surface area contributed by atoms with Crippen molar-refractivity contribution in [3.05, 3.63) is 48.7 Å². The van der Waals surface area contributed by atoms with Crippen LogP contribution in [0.4, 0.5) is 5.82 Å². The number of fused-ring (bicyclic) bond motifs is 1. The minimum absolute atomic E-state index is 0.229. The van der Waals surface area contributed by atoms with Crippen LogP contribution in [0.1, 0.15) is 10.4 Å². The number of aromatic carboxylic acids is 1. The molecule has 0 fully saturated rings. The number of rotatable bonds is 7. The first-order valence-electron chi connectivity index (χ1n) is 6.27. The van der Waals surface area contributed by atoms with Crippen molar-refractivity contribution in [2.24, 2.45) is 0 Å². The van der Waals surface area contributed by atoms with Crippen LogP contribution in [-0.2, 0) is 0 Å². The number of anilines is 1. The summed E-state index contributed by atoms with van der Waals surface area (Å²) in [4.78, 5) is 15.4. The van der Waals surface area contributed by atoms with E-state index in [4.69, 9.17) is 0 Å². The molecule has 0 atom stereocenters. The van der Waals surface area contributed by atoms with E-state index < -0.39 is 5.97 Å². The quantitative estimate of drug-likeness (QED) is 0.605. The Morgan fingerprint density at radius 3 is 2.85 bits per heavy atom. The number of pyridine rings is 1. The van der Waals surface area contributed by atoms with Crippen molar-refractivity contribution in [3.63, 3.8) is 0 Å². The molecule has 0 bridgehead atoms. The Morgan fingerprint density at radius 1 is 1.40 bits per heavy atom. The Labute approximate surface area is 121 Å². The van der Waals surface area contributed by atoms with E-state index in [2.05, 4.69) is 16.9 Å². The molecule has 0 spiro atoms. The number of carboxylic acid groups (broad SMARTS) is 1. The van der Waals surface area contributed by atoms with Crippen LogP contribution < -0.4 is 5.32 Å². The molecule has 0 unspecified atom stereocenters. The zero-order valence-corrected chi connectivity index (χ0v) is 11.8. The van der Waals surface area contributed by atoms with Gasteiger partial charge in [0.05, 0.1) is 5.56 Å². The molecule has 5 heteroatoms.